The summed E-state index contributed by atoms with van der Waals surface area (Å²) in [6.07, 6.45) is 3.27. The Morgan fingerprint density at radius 2 is 2.06 bits per heavy atom. The molecule has 0 bridgehead atoms. The number of amides is 1. The summed E-state index contributed by atoms with van der Waals surface area (Å²) in [5, 5.41) is 2.99. The second kappa shape index (κ2) is 5.91. The van der Waals surface area contributed by atoms with Gasteiger partial charge in [-0.15, -0.1) is 0 Å². The van der Waals surface area contributed by atoms with Crippen LogP contribution in [0.4, 0.5) is 0 Å². The minimum absolute atomic E-state index is 0.171. The number of aromatic nitrogens is 1. The van der Waals surface area contributed by atoms with E-state index in [1.807, 2.05) is 20.8 Å². The number of nitrogens with one attached hydrogen (secondary N) is 1. The highest BCUT2D eigenvalue weighted by Crippen LogP contribution is 2.14. The van der Waals surface area contributed by atoms with Crippen molar-refractivity contribution < 1.29 is 4.79 Å². The van der Waals surface area contributed by atoms with Gasteiger partial charge in [0, 0.05) is 17.3 Å². The van der Waals surface area contributed by atoms with Crippen LogP contribution >= 0.6 is 12.2 Å². The second-order valence-corrected chi connectivity index (χ2v) is 4.96. The molecule has 0 saturated heterocycles. The van der Waals surface area contributed by atoms with Crippen molar-refractivity contribution in [2.75, 3.05) is 0 Å². The number of thiocarbonyl (C=S) groups is 1. The van der Waals surface area contributed by atoms with Crippen LogP contribution in [0.2, 0.25) is 0 Å². The number of carbonyl (C=O) groups excluding carboxylic acids is 1. The molecule has 0 atom stereocenters. The van der Waals surface area contributed by atoms with Crippen molar-refractivity contribution in [3.8, 4) is 0 Å². The number of carbonyl (C=O) groups is 1. The van der Waals surface area contributed by atoms with Gasteiger partial charge in [0.25, 0.3) is 5.91 Å². The monoisotopic (exact) mass is 265 g/mol. The summed E-state index contributed by atoms with van der Waals surface area (Å²) in [6.45, 7) is 6.12. The molecule has 0 aromatic carbocycles. The Bertz CT molecular complexity index is 438. The number of pyridine rings is 1. The molecule has 1 aromatic heterocycles. The molecule has 1 amide bonds. The topological polar surface area (TPSA) is 68.0 Å². The van der Waals surface area contributed by atoms with Gasteiger partial charge in [0.05, 0.1) is 0 Å². The molecule has 0 spiro atoms. The number of hydrogen-bond donors (Lipinski definition) is 2. The first kappa shape index (κ1) is 14.6. The van der Waals surface area contributed by atoms with Crippen LogP contribution in [-0.4, -0.2) is 21.4 Å². The predicted octanol–water partition coefficient (Wildman–Crippen LogP) is 2.02. The molecule has 0 fully saturated rings. The zero-order valence-corrected chi connectivity index (χ0v) is 11.8. The van der Waals surface area contributed by atoms with Crippen LogP contribution < -0.4 is 11.1 Å². The molecule has 1 aromatic rings. The first-order chi connectivity index (χ1) is 8.41. The highest BCUT2D eigenvalue weighted by Gasteiger charge is 2.22. The van der Waals surface area contributed by atoms with E-state index in [1.165, 1.54) is 6.20 Å². The van der Waals surface area contributed by atoms with Gasteiger partial charge in [-0.2, -0.15) is 0 Å². The fourth-order valence-corrected chi connectivity index (χ4v) is 1.56. The maximum Gasteiger partial charge on any atom is 0.270 e. The lowest BCUT2D eigenvalue weighted by Crippen LogP contribution is -2.45. The Kier molecular flexibility index (Phi) is 4.78. The van der Waals surface area contributed by atoms with E-state index in [9.17, 15) is 4.79 Å². The van der Waals surface area contributed by atoms with Crippen LogP contribution in [0.1, 0.15) is 49.7 Å². The van der Waals surface area contributed by atoms with E-state index in [4.69, 9.17) is 18.0 Å². The maximum absolute atomic E-state index is 12.0. The summed E-state index contributed by atoms with van der Waals surface area (Å²) in [7, 11) is 0. The second-order valence-electron chi connectivity index (χ2n) is 4.52. The molecule has 0 aliphatic heterocycles. The van der Waals surface area contributed by atoms with Gasteiger partial charge in [-0.05, 0) is 31.9 Å². The van der Waals surface area contributed by atoms with Gasteiger partial charge in [0.15, 0.2) is 0 Å². The molecule has 0 radical (unpaired) electrons. The highest BCUT2D eigenvalue weighted by molar-refractivity contribution is 7.80. The van der Waals surface area contributed by atoms with Gasteiger partial charge in [-0.1, -0.05) is 26.1 Å². The average molecular weight is 265 g/mol. The number of hydrogen-bond acceptors (Lipinski definition) is 3. The van der Waals surface area contributed by atoms with E-state index in [0.29, 0.717) is 11.3 Å². The Labute approximate surface area is 113 Å². The predicted molar refractivity (Wildman–Crippen MR) is 76.6 cm³/mol. The van der Waals surface area contributed by atoms with E-state index < -0.39 is 0 Å². The molecule has 0 aliphatic carbocycles. The van der Waals surface area contributed by atoms with Crippen molar-refractivity contribution in [1.29, 1.82) is 0 Å². The van der Waals surface area contributed by atoms with E-state index in [1.54, 1.807) is 12.1 Å². The van der Waals surface area contributed by atoms with Crippen molar-refractivity contribution in [2.45, 2.75) is 39.2 Å². The van der Waals surface area contributed by atoms with Crippen LogP contribution in [0.15, 0.2) is 18.3 Å². The summed E-state index contributed by atoms with van der Waals surface area (Å²) < 4.78 is 0. The summed E-state index contributed by atoms with van der Waals surface area (Å²) in [5.74, 6) is -0.171. The number of nitrogens with two attached hydrogens (primary N) is 1. The van der Waals surface area contributed by atoms with Crippen LogP contribution in [0, 0.1) is 0 Å². The minimum atomic E-state index is -0.194. The van der Waals surface area contributed by atoms with Crippen molar-refractivity contribution in [2.24, 2.45) is 5.73 Å². The van der Waals surface area contributed by atoms with Gasteiger partial charge >= 0.3 is 0 Å². The van der Waals surface area contributed by atoms with E-state index in [-0.39, 0.29) is 16.4 Å². The molecule has 3 N–H and O–H groups in total. The normalized spacial score (nSPS) is 11.1. The summed E-state index contributed by atoms with van der Waals surface area (Å²) in [6, 6.07) is 3.34. The molecule has 4 nitrogen and oxygen atoms in total. The highest BCUT2D eigenvalue weighted by atomic mass is 32.1. The number of rotatable bonds is 5. The van der Waals surface area contributed by atoms with Crippen molar-refractivity contribution >= 4 is 23.1 Å². The third kappa shape index (κ3) is 3.50. The SMILES string of the molecule is CCC(C)(CC)NC(=O)c1ccc(C(N)=S)cn1. The average Bonchev–Trinajstić information content (AvgIpc) is 2.38. The molecule has 98 valence electrons. The third-order valence-electron chi connectivity index (χ3n) is 3.26. The van der Waals surface area contributed by atoms with Crippen molar-refractivity contribution in [3.63, 3.8) is 0 Å². The van der Waals surface area contributed by atoms with Crippen molar-refractivity contribution in [3.05, 3.63) is 29.6 Å². The molecule has 0 saturated carbocycles. The van der Waals surface area contributed by atoms with Gasteiger partial charge in [-0.25, -0.2) is 0 Å². The summed E-state index contributed by atoms with van der Waals surface area (Å²) in [4.78, 5) is 16.4. The fourth-order valence-electron chi connectivity index (χ4n) is 1.44. The molecular formula is C13H19N3OS. The zero-order chi connectivity index (χ0) is 13.8. The lowest BCUT2D eigenvalue weighted by Gasteiger charge is -2.27. The molecule has 1 heterocycles. The first-order valence-corrected chi connectivity index (χ1v) is 6.41. The van der Waals surface area contributed by atoms with Gasteiger partial charge in [0.1, 0.15) is 10.7 Å². The lowest BCUT2D eigenvalue weighted by molar-refractivity contribution is 0.0896. The maximum atomic E-state index is 12.0. The first-order valence-electron chi connectivity index (χ1n) is 6.00. The van der Waals surface area contributed by atoms with Crippen LogP contribution in [0.5, 0.6) is 0 Å². The summed E-state index contributed by atoms with van der Waals surface area (Å²) >= 11 is 4.83. The van der Waals surface area contributed by atoms with E-state index in [2.05, 4.69) is 10.3 Å². The third-order valence-corrected chi connectivity index (χ3v) is 3.49. The fraction of sp³-hybridized carbons (Fsp3) is 0.462. The van der Waals surface area contributed by atoms with Gasteiger partial charge in [-0.3, -0.25) is 9.78 Å². The van der Waals surface area contributed by atoms with E-state index >= 15 is 0 Å². The molecule has 18 heavy (non-hydrogen) atoms. The summed E-state index contributed by atoms with van der Waals surface area (Å²) in [5.41, 5.74) is 6.32. The lowest BCUT2D eigenvalue weighted by atomic mass is 9.95. The largest absolute Gasteiger partial charge is 0.389 e. The Morgan fingerprint density at radius 3 is 2.44 bits per heavy atom. The van der Waals surface area contributed by atoms with E-state index in [0.717, 1.165) is 12.8 Å². The molecule has 0 aliphatic rings. The zero-order valence-electron chi connectivity index (χ0n) is 11.0. The Morgan fingerprint density at radius 1 is 1.44 bits per heavy atom. The Hall–Kier alpha value is -1.49. The van der Waals surface area contributed by atoms with Crippen LogP contribution in [0.25, 0.3) is 0 Å². The Balaban J connectivity index is 2.82. The molecule has 5 heteroatoms. The minimum Gasteiger partial charge on any atom is -0.389 e. The quantitative estimate of drug-likeness (QED) is 0.799. The molecule has 1 rings (SSSR count). The number of nitrogens with zero attached hydrogens (tertiary/aromatic N) is 1. The molecular weight excluding hydrogens is 246 g/mol. The van der Waals surface area contributed by atoms with Crippen LogP contribution in [-0.2, 0) is 0 Å². The van der Waals surface area contributed by atoms with Gasteiger partial charge in [0.2, 0.25) is 0 Å². The van der Waals surface area contributed by atoms with Crippen molar-refractivity contribution in [1.82, 2.24) is 10.3 Å². The van der Waals surface area contributed by atoms with Crippen LogP contribution in [0.3, 0.4) is 0 Å². The smallest absolute Gasteiger partial charge is 0.270 e. The van der Waals surface area contributed by atoms with Gasteiger partial charge < -0.3 is 11.1 Å². The molecule has 0 unspecified atom stereocenters. The standard InChI is InChI=1S/C13H19N3OS/c1-4-13(3,5-2)16-12(17)10-7-6-9(8-15-10)11(14)18/h6-8H,4-5H2,1-3H3,(H2,14,18)(H,16,17).